The molecule has 0 radical (unpaired) electrons. The lowest BCUT2D eigenvalue weighted by atomic mass is 10.1. The van der Waals surface area contributed by atoms with E-state index in [4.69, 9.17) is 11.6 Å². The third-order valence-electron chi connectivity index (χ3n) is 3.20. The van der Waals surface area contributed by atoms with Crippen molar-refractivity contribution in [2.24, 2.45) is 0 Å². The molecule has 3 rings (SSSR count). The average molecular weight is 353 g/mol. The van der Waals surface area contributed by atoms with Crippen molar-refractivity contribution >= 4 is 52.2 Å². The van der Waals surface area contributed by atoms with Gasteiger partial charge in [-0.15, -0.1) is 23.1 Å². The lowest BCUT2D eigenvalue weighted by Crippen LogP contribution is -2.34. The van der Waals surface area contributed by atoms with E-state index < -0.39 is 6.04 Å². The minimum atomic E-state index is -0.597. The van der Waals surface area contributed by atoms with Gasteiger partial charge in [0.25, 0.3) is 5.91 Å². The van der Waals surface area contributed by atoms with Gasteiger partial charge in [0.1, 0.15) is 6.04 Å². The highest BCUT2D eigenvalue weighted by molar-refractivity contribution is 7.99. The van der Waals surface area contributed by atoms with E-state index in [-0.39, 0.29) is 11.8 Å². The highest BCUT2D eigenvalue weighted by Gasteiger charge is 2.31. The molecule has 1 aliphatic rings. The fourth-order valence-electron chi connectivity index (χ4n) is 2.23. The van der Waals surface area contributed by atoms with E-state index in [2.05, 4.69) is 10.6 Å². The Labute approximate surface area is 141 Å². The van der Waals surface area contributed by atoms with Gasteiger partial charge in [0.15, 0.2) is 0 Å². The van der Waals surface area contributed by atoms with Gasteiger partial charge in [-0.25, -0.2) is 0 Å². The summed E-state index contributed by atoms with van der Waals surface area (Å²) in [7, 11) is 0. The molecule has 0 fully saturated rings. The Hall–Kier alpha value is -1.50. The van der Waals surface area contributed by atoms with Crippen LogP contribution in [0.1, 0.15) is 16.5 Å². The molecule has 2 aromatic rings. The van der Waals surface area contributed by atoms with Crippen molar-refractivity contribution in [3.8, 4) is 0 Å². The number of anilines is 1. The molecule has 2 N–H and O–H groups in total. The molecular formula is C15H13ClN2O2S2. The summed E-state index contributed by atoms with van der Waals surface area (Å²) in [6.07, 6.45) is 0. The number of nitrogens with one attached hydrogen (secondary N) is 2. The molecule has 0 bridgehead atoms. The number of fused-ring (bicyclic) bond motifs is 1. The maximum absolute atomic E-state index is 12.0. The van der Waals surface area contributed by atoms with Crippen LogP contribution in [0.3, 0.4) is 0 Å². The number of thiophene rings is 1. The van der Waals surface area contributed by atoms with E-state index in [0.29, 0.717) is 5.75 Å². The highest BCUT2D eigenvalue weighted by atomic mass is 35.5. The number of carbonyl (C=O) groups excluding carboxylic acids is 2. The van der Waals surface area contributed by atoms with E-state index in [1.54, 1.807) is 0 Å². The molecule has 1 atom stereocenters. The molecule has 1 aliphatic heterocycles. The normalized spacial score (nSPS) is 16.2. The molecule has 7 heteroatoms. The van der Waals surface area contributed by atoms with Crippen LogP contribution >= 0.6 is 34.7 Å². The summed E-state index contributed by atoms with van der Waals surface area (Å²) in [6.45, 7) is 0. The Kier molecular flexibility index (Phi) is 4.71. The van der Waals surface area contributed by atoms with Crippen LogP contribution in [0.2, 0.25) is 4.34 Å². The third kappa shape index (κ3) is 3.45. The van der Waals surface area contributed by atoms with Crippen molar-refractivity contribution < 1.29 is 9.59 Å². The first-order chi connectivity index (χ1) is 10.6. The van der Waals surface area contributed by atoms with Crippen LogP contribution in [-0.4, -0.2) is 17.6 Å². The molecule has 1 aromatic heterocycles. The minimum absolute atomic E-state index is 0.149. The number of carbonyl (C=O) groups is 2. The number of para-hydroxylation sites is 1. The second-order valence-corrected chi connectivity index (χ2v) is 7.56. The highest BCUT2D eigenvalue weighted by Crippen LogP contribution is 2.30. The van der Waals surface area contributed by atoms with Gasteiger partial charge in [-0.05, 0) is 18.2 Å². The van der Waals surface area contributed by atoms with Crippen LogP contribution in [0, 0.1) is 0 Å². The van der Waals surface area contributed by atoms with Crippen molar-refractivity contribution in [1.29, 1.82) is 0 Å². The van der Waals surface area contributed by atoms with Crippen LogP contribution in [0.15, 0.2) is 36.4 Å². The van der Waals surface area contributed by atoms with Crippen molar-refractivity contribution in [3.63, 3.8) is 0 Å². The average Bonchev–Trinajstić information content (AvgIpc) is 3.03. The summed E-state index contributed by atoms with van der Waals surface area (Å²) >= 11 is 8.88. The van der Waals surface area contributed by atoms with Gasteiger partial charge in [0.05, 0.1) is 10.1 Å². The van der Waals surface area contributed by atoms with Crippen LogP contribution in [0.5, 0.6) is 0 Å². The van der Waals surface area contributed by atoms with E-state index in [9.17, 15) is 9.59 Å². The quantitative estimate of drug-likeness (QED) is 0.866. The molecule has 0 aliphatic carbocycles. The fourth-order valence-corrected chi connectivity index (χ4v) is 4.27. The molecule has 22 heavy (non-hydrogen) atoms. The summed E-state index contributed by atoms with van der Waals surface area (Å²) in [4.78, 5) is 25.1. The van der Waals surface area contributed by atoms with Crippen molar-refractivity contribution in [3.05, 3.63) is 51.2 Å². The lowest BCUT2D eigenvalue weighted by molar-refractivity contribution is -0.124. The van der Waals surface area contributed by atoms with Gasteiger partial charge in [-0.3, -0.25) is 9.59 Å². The van der Waals surface area contributed by atoms with Crippen LogP contribution in [0.25, 0.3) is 0 Å². The van der Waals surface area contributed by atoms with E-state index in [1.165, 1.54) is 23.1 Å². The maximum Gasteiger partial charge on any atom is 0.251 e. The van der Waals surface area contributed by atoms with Gasteiger partial charge in [-0.1, -0.05) is 29.8 Å². The number of amides is 2. The number of hydrogen-bond acceptors (Lipinski definition) is 4. The summed E-state index contributed by atoms with van der Waals surface area (Å²) in [6, 6.07) is 10.6. The molecule has 114 valence electrons. The standard InChI is InChI=1S/C15H13ClN2O2S2/c16-12-6-5-9(22-12)7-21-8-13(19)18-14-10-3-1-2-4-11(10)17-15(14)20/h1-6,14H,7-8H2,(H,17,20)(H,18,19). The van der Waals surface area contributed by atoms with Gasteiger partial charge >= 0.3 is 0 Å². The number of rotatable bonds is 5. The van der Waals surface area contributed by atoms with Crippen LogP contribution in [0.4, 0.5) is 5.69 Å². The topological polar surface area (TPSA) is 58.2 Å². The van der Waals surface area contributed by atoms with Crippen molar-refractivity contribution in [2.45, 2.75) is 11.8 Å². The first kappa shape index (κ1) is 15.4. The number of halogens is 1. The Bertz CT molecular complexity index is 717. The Balaban J connectivity index is 1.53. The molecule has 4 nitrogen and oxygen atoms in total. The lowest BCUT2D eigenvalue weighted by Gasteiger charge is -2.11. The monoisotopic (exact) mass is 352 g/mol. The zero-order valence-electron chi connectivity index (χ0n) is 11.5. The summed E-state index contributed by atoms with van der Waals surface area (Å²) < 4.78 is 0.749. The maximum atomic E-state index is 12.0. The summed E-state index contributed by atoms with van der Waals surface area (Å²) in [5, 5.41) is 5.55. The SMILES string of the molecule is O=C(CSCc1ccc(Cl)s1)NC1C(=O)Nc2ccccc21. The molecule has 1 unspecified atom stereocenters. The second-order valence-electron chi connectivity index (χ2n) is 4.78. The van der Waals surface area contributed by atoms with Crippen LogP contribution in [-0.2, 0) is 15.3 Å². The fraction of sp³-hybridized carbons (Fsp3) is 0.200. The molecule has 0 saturated heterocycles. The Morgan fingerprint density at radius 1 is 1.32 bits per heavy atom. The molecule has 1 aromatic carbocycles. The largest absolute Gasteiger partial charge is 0.340 e. The summed E-state index contributed by atoms with van der Waals surface area (Å²) in [5.74, 6) is 0.703. The number of benzene rings is 1. The molecule has 2 amide bonds. The van der Waals surface area contributed by atoms with Crippen LogP contribution < -0.4 is 10.6 Å². The zero-order chi connectivity index (χ0) is 15.5. The predicted molar refractivity (Wildman–Crippen MR) is 91.4 cm³/mol. The van der Waals surface area contributed by atoms with Crippen molar-refractivity contribution in [1.82, 2.24) is 5.32 Å². The second kappa shape index (κ2) is 6.73. The van der Waals surface area contributed by atoms with Gasteiger partial charge in [0, 0.05) is 21.9 Å². The smallest absolute Gasteiger partial charge is 0.251 e. The minimum Gasteiger partial charge on any atom is -0.340 e. The molecule has 0 spiro atoms. The Morgan fingerprint density at radius 2 is 2.14 bits per heavy atom. The number of hydrogen-bond donors (Lipinski definition) is 2. The molecular weight excluding hydrogens is 340 g/mol. The van der Waals surface area contributed by atoms with E-state index in [0.717, 1.165) is 26.2 Å². The first-order valence-electron chi connectivity index (χ1n) is 6.64. The Morgan fingerprint density at radius 3 is 2.91 bits per heavy atom. The van der Waals surface area contributed by atoms with E-state index in [1.807, 2.05) is 36.4 Å². The van der Waals surface area contributed by atoms with Gasteiger partial charge in [-0.2, -0.15) is 0 Å². The molecule has 2 heterocycles. The predicted octanol–water partition coefficient (Wildman–Crippen LogP) is 3.44. The molecule has 0 saturated carbocycles. The zero-order valence-corrected chi connectivity index (χ0v) is 13.9. The van der Waals surface area contributed by atoms with Crippen molar-refractivity contribution in [2.75, 3.05) is 11.1 Å². The first-order valence-corrected chi connectivity index (χ1v) is 8.99. The summed E-state index contributed by atoms with van der Waals surface area (Å²) in [5.41, 5.74) is 1.58. The third-order valence-corrected chi connectivity index (χ3v) is 5.60. The number of thioether (sulfide) groups is 1. The van der Waals surface area contributed by atoms with E-state index >= 15 is 0 Å². The van der Waals surface area contributed by atoms with Gasteiger partial charge in [0.2, 0.25) is 5.91 Å². The van der Waals surface area contributed by atoms with Gasteiger partial charge < -0.3 is 10.6 Å².